The second-order valence-electron chi connectivity index (χ2n) is 8.85. The third kappa shape index (κ3) is 5.49. The molecule has 1 fully saturated rings. The van der Waals surface area contributed by atoms with Crippen LogP contribution in [0.25, 0.3) is 5.76 Å². The Morgan fingerprint density at radius 1 is 0.949 bits per heavy atom. The molecule has 196 valence electrons. The van der Waals surface area contributed by atoms with E-state index in [0.717, 1.165) is 5.56 Å². The molecule has 2 heterocycles. The molecule has 8 heteroatoms. The van der Waals surface area contributed by atoms with Crippen molar-refractivity contribution in [2.45, 2.75) is 19.5 Å². The lowest BCUT2D eigenvalue weighted by Crippen LogP contribution is -2.29. The lowest BCUT2D eigenvalue weighted by molar-refractivity contribution is -0.140. The number of aliphatic hydroxyl groups is 1. The van der Waals surface area contributed by atoms with Crippen LogP contribution >= 0.6 is 11.6 Å². The quantitative estimate of drug-likeness (QED) is 0.155. The second kappa shape index (κ2) is 11.4. The number of nitrogens with zero attached hydrogens (tertiary/aromatic N) is 2. The summed E-state index contributed by atoms with van der Waals surface area (Å²) in [6.07, 6.45) is 3.26. The molecule has 0 radical (unpaired) electrons. The number of hydrogen-bond donors (Lipinski definition) is 1. The topological polar surface area (TPSA) is 89.0 Å². The average molecular weight is 541 g/mol. The minimum Gasteiger partial charge on any atom is -0.507 e. The third-order valence-electron chi connectivity index (χ3n) is 6.27. The number of ketones is 1. The van der Waals surface area contributed by atoms with E-state index in [2.05, 4.69) is 4.98 Å². The third-order valence-corrected chi connectivity index (χ3v) is 6.60. The Morgan fingerprint density at radius 3 is 2.49 bits per heavy atom. The van der Waals surface area contributed by atoms with E-state index < -0.39 is 17.7 Å². The van der Waals surface area contributed by atoms with Crippen LogP contribution < -0.4 is 9.47 Å². The molecule has 1 atom stereocenters. The molecule has 39 heavy (non-hydrogen) atoms. The van der Waals surface area contributed by atoms with Gasteiger partial charge in [-0.2, -0.15) is 0 Å². The Kier molecular flexibility index (Phi) is 7.61. The minimum absolute atomic E-state index is 0.0729. The molecular formula is C31H25ClN2O5. The van der Waals surface area contributed by atoms with Crippen LogP contribution in [0.3, 0.4) is 0 Å². The molecule has 0 aliphatic carbocycles. The van der Waals surface area contributed by atoms with Crippen molar-refractivity contribution < 1.29 is 24.2 Å². The van der Waals surface area contributed by atoms with Gasteiger partial charge < -0.3 is 19.5 Å². The highest BCUT2D eigenvalue weighted by Gasteiger charge is 2.46. The number of halogens is 1. The van der Waals surface area contributed by atoms with Crippen molar-refractivity contribution in [1.82, 2.24) is 9.88 Å². The molecule has 0 saturated carbocycles. The van der Waals surface area contributed by atoms with Gasteiger partial charge in [-0.1, -0.05) is 48.0 Å². The van der Waals surface area contributed by atoms with Gasteiger partial charge in [-0.3, -0.25) is 14.6 Å². The lowest BCUT2D eigenvalue weighted by atomic mass is 9.95. The summed E-state index contributed by atoms with van der Waals surface area (Å²) in [7, 11) is 0. The van der Waals surface area contributed by atoms with Gasteiger partial charge in [-0.05, 0) is 66.6 Å². The van der Waals surface area contributed by atoms with Crippen molar-refractivity contribution in [3.63, 3.8) is 0 Å². The van der Waals surface area contributed by atoms with Gasteiger partial charge in [0.1, 0.15) is 23.0 Å². The molecule has 5 rings (SSSR count). The summed E-state index contributed by atoms with van der Waals surface area (Å²) >= 11 is 6.44. The van der Waals surface area contributed by atoms with Gasteiger partial charge >= 0.3 is 0 Å². The molecule has 1 N–H and O–H groups in total. The van der Waals surface area contributed by atoms with Gasteiger partial charge in [0.25, 0.3) is 11.7 Å². The van der Waals surface area contributed by atoms with E-state index in [1.54, 1.807) is 60.9 Å². The average Bonchev–Trinajstić information content (AvgIpc) is 3.20. The van der Waals surface area contributed by atoms with E-state index >= 15 is 0 Å². The maximum atomic E-state index is 13.5. The number of benzene rings is 3. The van der Waals surface area contributed by atoms with Crippen molar-refractivity contribution in [2.75, 3.05) is 6.61 Å². The summed E-state index contributed by atoms with van der Waals surface area (Å²) in [4.78, 5) is 32.4. The van der Waals surface area contributed by atoms with E-state index in [0.29, 0.717) is 29.4 Å². The fourth-order valence-electron chi connectivity index (χ4n) is 4.54. The molecule has 1 aliphatic rings. The summed E-state index contributed by atoms with van der Waals surface area (Å²) in [5.41, 5.74) is 1.45. The molecule has 3 aromatic carbocycles. The molecule has 1 aliphatic heterocycles. The Hall–Kier alpha value is -4.62. The van der Waals surface area contributed by atoms with E-state index in [-0.39, 0.29) is 28.5 Å². The first kappa shape index (κ1) is 26.0. The highest BCUT2D eigenvalue weighted by molar-refractivity contribution is 6.47. The van der Waals surface area contributed by atoms with Crippen molar-refractivity contribution in [2.24, 2.45) is 0 Å². The number of aliphatic hydroxyl groups excluding tert-OH is 1. The van der Waals surface area contributed by atoms with Crippen LogP contribution in [0.4, 0.5) is 0 Å². The van der Waals surface area contributed by atoms with Gasteiger partial charge in [0.15, 0.2) is 0 Å². The van der Waals surface area contributed by atoms with Crippen molar-refractivity contribution in [3.8, 4) is 17.2 Å². The Labute approximate surface area is 230 Å². The number of likely N-dealkylation sites (tertiary alicyclic amines) is 1. The number of ether oxygens (including phenoxy) is 2. The number of carbonyl (C=O) groups excluding carboxylic acids is 2. The van der Waals surface area contributed by atoms with Crippen molar-refractivity contribution in [3.05, 3.63) is 125 Å². The zero-order chi connectivity index (χ0) is 27.4. The summed E-state index contributed by atoms with van der Waals surface area (Å²) in [6.45, 7) is 2.35. The van der Waals surface area contributed by atoms with Crippen molar-refractivity contribution >= 4 is 29.1 Å². The molecule has 1 saturated heterocycles. The number of Topliss-reactive ketones (excluding diaryl/α,β-unsaturated/α-hetero) is 1. The second-order valence-corrected chi connectivity index (χ2v) is 9.26. The summed E-state index contributed by atoms with van der Waals surface area (Å²) in [5.74, 6) is -0.304. The van der Waals surface area contributed by atoms with E-state index in [1.807, 2.05) is 43.3 Å². The largest absolute Gasteiger partial charge is 0.507 e. The van der Waals surface area contributed by atoms with Crippen LogP contribution in [0.5, 0.6) is 17.2 Å². The number of aromatic nitrogens is 1. The molecule has 0 spiro atoms. The predicted molar refractivity (Wildman–Crippen MR) is 148 cm³/mol. The zero-order valence-electron chi connectivity index (χ0n) is 21.1. The highest BCUT2D eigenvalue weighted by atomic mass is 35.5. The van der Waals surface area contributed by atoms with Crippen LogP contribution in [-0.2, 0) is 16.1 Å². The molecule has 4 aromatic rings. The van der Waals surface area contributed by atoms with Gasteiger partial charge in [0.2, 0.25) is 0 Å². The first-order chi connectivity index (χ1) is 19.0. The van der Waals surface area contributed by atoms with Crippen LogP contribution in [0.2, 0.25) is 5.02 Å². The lowest BCUT2D eigenvalue weighted by Gasteiger charge is -2.26. The SMILES string of the molecule is CCOc1ccc(Cl)c(/C(O)=C2\C(=O)C(=O)N(Cc3cccnc3)C2c2cccc(Oc3ccccc3)c2)c1. The fraction of sp³-hybridized carbons (Fsp3) is 0.129. The predicted octanol–water partition coefficient (Wildman–Crippen LogP) is 6.55. The van der Waals surface area contributed by atoms with E-state index in [1.165, 1.54) is 4.90 Å². The summed E-state index contributed by atoms with van der Waals surface area (Å²) < 4.78 is 11.6. The normalized spacial score (nSPS) is 16.4. The number of pyridine rings is 1. The Morgan fingerprint density at radius 2 is 1.74 bits per heavy atom. The van der Waals surface area contributed by atoms with Gasteiger partial charge in [0.05, 0.1) is 23.2 Å². The molecule has 1 amide bonds. The van der Waals surface area contributed by atoms with Crippen LogP contribution in [0, 0.1) is 0 Å². The fourth-order valence-corrected chi connectivity index (χ4v) is 4.75. The molecule has 1 aromatic heterocycles. The number of hydrogen-bond acceptors (Lipinski definition) is 6. The van der Waals surface area contributed by atoms with E-state index in [4.69, 9.17) is 21.1 Å². The maximum absolute atomic E-state index is 13.5. The van der Waals surface area contributed by atoms with Gasteiger partial charge in [0, 0.05) is 24.5 Å². The Balaban J connectivity index is 1.64. The van der Waals surface area contributed by atoms with Crippen LogP contribution in [-0.4, -0.2) is 33.3 Å². The first-order valence-electron chi connectivity index (χ1n) is 12.4. The van der Waals surface area contributed by atoms with Gasteiger partial charge in [-0.25, -0.2) is 0 Å². The summed E-state index contributed by atoms with van der Waals surface area (Å²) in [5, 5.41) is 11.7. The monoisotopic (exact) mass is 540 g/mol. The smallest absolute Gasteiger partial charge is 0.295 e. The van der Waals surface area contributed by atoms with Crippen LogP contribution in [0.15, 0.2) is 103 Å². The number of rotatable bonds is 8. The maximum Gasteiger partial charge on any atom is 0.295 e. The number of carbonyl (C=O) groups is 2. The van der Waals surface area contributed by atoms with Gasteiger partial charge in [-0.15, -0.1) is 0 Å². The number of para-hydroxylation sites is 1. The molecular weight excluding hydrogens is 516 g/mol. The standard InChI is InChI=1S/C31H25ClN2O5/c1-2-38-23-13-14-26(32)25(17-23)29(35)27-28(34(31(37)30(27)36)19-20-8-7-15-33-18-20)21-9-6-12-24(16-21)39-22-10-4-3-5-11-22/h3-18,28,35H,2,19H2,1H3/b29-27+. The number of amides is 1. The molecule has 1 unspecified atom stereocenters. The first-order valence-corrected chi connectivity index (χ1v) is 12.8. The molecule has 0 bridgehead atoms. The van der Waals surface area contributed by atoms with Crippen molar-refractivity contribution in [1.29, 1.82) is 0 Å². The molecule has 7 nitrogen and oxygen atoms in total. The minimum atomic E-state index is -0.906. The highest BCUT2D eigenvalue weighted by Crippen LogP contribution is 2.42. The van der Waals surface area contributed by atoms with Crippen LogP contribution in [0.1, 0.15) is 29.7 Å². The summed E-state index contributed by atoms with van der Waals surface area (Å²) in [6, 6.07) is 23.9. The Bertz CT molecular complexity index is 1540. The zero-order valence-corrected chi connectivity index (χ0v) is 21.8. The van der Waals surface area contributed by atoms with E-state index in [9.17, 15) is 14.7 Å².